The van der Waals surface area contributed by atoms with Crippen molar-refractivity contribution in [2.75, 3.05) is 0 Å². The van der Waals surface area contributed by atoms with Crippen molar-refractivity contribution < 1.29 is 5.11 Å². The molecule has 0 saturated carbocycles. The highest BCUT2D eigenvalue weighted by molar-refractivity contribution is 7.71. The molecule has 0 unspecified atom stereocenters. The van der Waals surface area contributed by atoms with E-state index < -0.39 is 0 Å². The Bertz CT molecular complexity index is 382. The van der Waals surface area contributed by atoms with Crippen molar-refractivity contribution in [1.82, 2.24) is 9.55 Å². The molecule has 1 heterocycles. The zero-order valence-corrected chi connectivity index (χ0v) is 10.2. The maximum atomic E-state index is 9.98. The first-order chi connectivity index (χ1) is 6.25. The molecule has 0 atom stereocenters. The van der Waals surface area contributed by atoms with Crippen LogP contribution in [0.2, 0.25) is 0 Å². The Kier molecular flexibility index (Phi) is 2.76. The summed E-state index contributed by atoms with van der Waals surface area (Å²) in [6, 6.07) is 0. The van der Waals surface area contributed by atoms with E-state index in [1.54, 1.807) is 4.57 Å². The minimum atomic E-state index is -0.190. The van der Waals surface area contributed by atoms with Gasteiger partial charge in [-0.3, -0.25) is 4.57 Å². The molecule has 3 nitrogen and oxygen atoms in total. The third-order valence-corrected chi connectivity index (χ3v) is 2.43. The van der Waals surface area contributed by atoms with E-state index in [9.17, 15) is 5.11 Å². The Hall–Kier alpha value is -0.770. The number of H-pyrrole nitrogens is 1. The lowest BCUT2D eigenvalue weighted by Gasteiger charge is -2.21. The predicted molar refractivity (Wildman–Crippen MR) is 60.4 cm³/mol. The normalized spacial score (nSPS) is 12.4. The first-order valence-electron chi connectivity index (χ1n) is 4.79. The fourth-order valence-electron chi connectivity index (χ4n) is 1.47. The first-order valence-corrected chi connectivity index (χ1v) is 5.20. The number of aromatic hydroxyl groups is 1. The summed E-state index contributed by atoms with van der Waals surface area (Å²) in [4.78, 5) is 3.05. The molecular weight excluding hydrogens is 196 g/mol. The highest BCUT2D eigenvalue weighted by Gasteiger charge is 2.22. The Morgan fingerprint density at radius 2 is 1.86 bits per heavy atom. The van der Waals surface area contributed by atoms with E-state index in [2.05, 4.69) is 4.98 Å². The molecule has 2 N–H and O–H groups in total. The monoisotopic (exact) mass is 214 g/mol. The van der Waals surface area contributed by atoms with Crippen LogP contribution < -0.4 is 0 Å². The quantitative estimate of drug-likeness (QED) is 0.705. The summed E-state index contributed by atoms with van der Waals surface area (Å²) >= 11 is 5.18. The van der Waals surface area contributed by atoms with E-state index in [0.717, 1.165) is 5.69 Å². The van der Waals surface area contributed by atoms with Crippen molar-refractivity contribution in [2.45, 2.75) is 46.1 Å². The summed E-state index contributed by atoms with van der Waals surface area (Å²) in [7, 11) is 0. The summed E-state index contributed by atoms with van der Waals surface area (Å²) in [5, 5.41) is 9.98. The minimum Gasteiger partial charge on any atom is -0.493 e. The van der Waals surface area contributed by atoms with Gasteiger partial charge in [-0.25, -0.2) is 0 Å². The van der Waals surface area contributed by atoms with Crippen LogP contribution in [-0.2, 0) is 5.54 Å². The number of nitrogens with zero attached hydrogens (tertiary/aromatic N) is 1. The topological polar surface area (TPSA) is 41.0 Å². The molecule has 0 saturated heterocycles. The molecule has 1 rings (SSSR count). The van der Waals surface area contributed by atoms with Gasteiger partial charge in [-0.1, -0.05) is 13.8 Å². The number of nitrogens with one attached hydrogen (secondary N) is 1. The van der Waals surface area contributed by atoms with E-state index in [1.807, 2.05) is 34.6 Å². The highest BCUT2D eigenvalue weighted by atomic mass is 32.1. The lowest BCUT2D eigenvalue weighted by Crippen LogP contribution is -2.21. The predicted octanol–water partition coefficient (Wildman–Crippen LogP) is 3.13. The second-order valence-corrected chi connectivity index (χ2v) is 5.22. The molecule has 4 heteroatoms. The fourth-order valence-corrected chi connectivity index (χ4v) is 1.94. The SMILES string of the molecule is CC(C)c1[nH]c(=S)n(C(C)(C)C)c1O. The van der Waals surface area contributed by atoms with Gasteiger partial charge >= 0.3 is 0 Å². The molecule has 0 amide bonds. The Labute approximate surface area is 89.8 Å². The zero-order valence-electron chi connectivity index (χ0n) is 9.38. The van der Waals surface area contributed by atoms with E-state index in [1.165, 1.54) is 0 Å². The van der Waals surface area contributed by atoms with Gasteiger partial charge in [-0.2, -0.15) is 0 Å². The maximum Gasteiger partial charge on any atom is 0.214 e. The van der Waals surface area contributed by atoms with E-state index in [0.29, 0.717) is 4.77 Å². The summed E-state index contributed by atoms with van der Waals surface area (Å²) in [5.41, 5.74) is 0.620. The third kappa shape index (κ3) is 1.85. The molecule has 0 aliphatic carbocycles. The first kappa shape index (κ1) is 11.3. The van der Waals surface area contributed by atoms with Crippen LogP contribution in [-0.4, -0.2) is 14.7 Å². The average molecular weight is 214 g/mol. The van der Waals surface area contributed by atoms with Gasteiger partial charge in [0, 0.05) is 5.54 Å². The molecule has 0 fully saturated rings. The Morgan fingerprint density at radius 3 is 2.07 bits per heavy atom. The Balaban J connectivity index is 3.41. The third-order valence-electron chi connectivity index (χ3n) is 2.15. The van der Waals surface area contributed by atoms with Crippen molar-refractivity contribution in [3.63, 3.8) is 0 Å². The van der Waals surface area contributed by atoms with Crippen molar-refractivity contribution >= 4 is 12.2 Å². The van der Waals surface area contributed by atoms with Gasteiger partial charge in [0.2, 0.25) is 5.88 Å². The molecule has 0 aliphatic heterocycles. The van der Waals surface area contributed by atoms with Crippen LogP contribution in [0.5, 0.6) is 5.88 Å². The molecule has 80 valence electrons. The summed E-state index contributed by atoms with van der Waals surface area (Å²) in [5.74, 6) is 0.512. The van der Waals surface area contributed by atoms with E-state index >= 15 is 0 Å². The van der Waals surface area contributed by atoms with Crippen LogP contribution in [0, 0.1) is 4.77 Å². The number of aromatic nitrogens is 2. The lowest BCUT2D eigenvalue weighted by molar-refractivity contribution is 0.319. The van der Waals surface area contributed by atoms with E-state index in [4.69, 9.17) is 12.2 Å². The maximum absolute atomic E-state index is 9.98. The molecule has 0 bridgehead atoms. The molecule has 0 aliphatic rings. The second kappa shape index (κ2) is 3.42. The number of hydrogen-bond acceptors (Lipinski definition) is 2. The smallest absolute Gasteiger partial charge is 0.214 e. The van der Waals surface area contributed by atoms with Crippen molar-refractivity contribution in [3.05, 3.63) is 10.5 Å². The largest absolute Gasteiger partial charge is 0.493 e. The molecule has 0 aromatic carbocycles. The van der Waals surface area contributed by atoms with Gasteiger partial charge in [-0.15, -0.1) is 0 Å². The van der Waals surface area contributed by atoms with Gasteiger partial charge in [0.15, 0.2) is 4.77 Å². The fraction of sp³-hybridized carbons (Fsp3) is 0.700. The summed E-state index contributed by atoms with van der Waals surface area (Å²) in [6.45, 7) is 10.1. The van der Waals surface area contributed by atoms with Crippen LogP contribution in [0.3, 0.4) is 0 Å². The van der Waals surface area contributed by atoms with E-state index in [-0.39, 0.29) is 17.3 Å². The standard InChI is InChI=1S/C10H18N2OS/c1-6(2)7-8(13)12(9(14)11-7)10(3,4)5/h6,13H,1-5H3,(H,11,14). The number of imidazole rings is 1. The van der Waals surface area contributed by atoms with Crippen LogP contribution in [0.25, 0.3) is 0 Å². The van der Waals surface area contributed by atoms with Gasteiger partial charge in [-0.05, 0) is 38.9 Å². The lowest BCUT2D eigenvalue weighted by atomic mass is 10.1. The van der Waals surface area contributed by atoms with Gasteiger partial charge in [0.05, 0.1) is 5.69 Å². The number of rotatable bonds is 1. The van der Waals surface area contributed by atoms with Crippen molar-refractivity contribution in [2.24, 2.45) is 0 Å². The molecule has 1 aromatic rings. The molecule has 0 spiro atoms. The zero-order chi connectivity index (χ0) is 11.1. The molecule has 1 aromatic heterocycles. The highest BCUT2D eigenvalue weighted by Crippen LogP contribution is 2.29. The minimum absolute atomic E-state index is 0.190. The van der Waals surface area contributed by atoms with Crippen LogP contribution in [0.4, 0.5) is 0 Å². The van der Waals surface area contributed by atoms with Gasteiger partial charge in [0.25, 0.3) is 0 Å². The second-order valence-electron chi connectivity index (χ2n) is 4.83. The number of aromatic amines is 1. The number of hydrogen-bond donors (Lipinski definition) is 2. The average Bonchev–Trinajstić information content (AvgIpc) is 2.24. The van der Waals surface area contributed by atoms with Crippen LogP contribution >= 0.6 is 12.2 Å². The van der Waals surface area contributed by atoms with Crippen molar-refractivity contribution in [3.8, 4) is 5.88 Å². The van der Waals surface area contributed by atoms with Crippen molar-refractivity contribution in [1.29, 1.82) is 0 Å². The molecule has 0 radical (unpaired) electrons. The summed E-state index contributed by atoms with van der Waals surface area (Å²) < 4.78 is 2.33. The van der Waals surface area contributed by atoms with Crippen LogP contribution in [0.1, 0.15) is 46.2 Å². The van der Waals surface area contributed by atoms with Crippen LogP contribution in [0.15, 0.2) is 0 Å². The summed E-state index contributed by atoms with van der Waals surface area (Å²) in [6.07, 6.45) is 0. The Morgan fingerprint density at radius 1 is 1.36 bits per heavy atom. The van der Waals surface area contributed by atoms with Gasteiger partial charge < -0.3 is 10.1 Å². The molecular formula is C10H18N2OS. The molecule has 14 heavy (non-hydrogen) atoms. The van der Waals surface area contributed by atoms with Gasteiger partial charge in [0.1, 0.15) is 0 Å².